The highest BCUT2D eigenvalue weighted by Gasteiger charge is 2.38. The average molecular weight is 266 g/mol. The molecule has 2 saturated carbocycles. The van der Waals surface area contributed by atoms with Crippen molar-refractivity contribution in [2.24, 2.45) is 11.8 Å². The molecule has 0 radical (unpaired) electrons. The lowest BCUT2D eigenvalue weighted by atomic mass is 10.1. The van der Waals surface area contributed by atoms with Gasteiger partial charge in [-0.15, -0.1) is 0 Å². The summed E-state index contributed by atoms with van der Waals surface area (Å²) >= 11 is 0. The van der Waals surface area contributed by atoms with Crippen molar-refractivity contribution in [3.05, 3.63) is 47.5 Å². The zero-order valence-corrected chi connectivity index (χ0v) is 11.4. The van der Waals surface area contributed by atoms with Crippen LogP contribution in [0.1, 0.15) is 30.7 Å². The second kappa shape index (κ2) is 5.50. The standard InChI is InChI=1S/C17H18N2O/c18-10-14(8-12-6-7-12)17(20)19-11-15-9-16(15)13-4-2-1-3-5-13/h1-5,8,12,15-16H,6-7,9,11H2,(H,19,20)/b14-8-/t15-,16-/m0/s1. The normalized spacial score (nSPS) is 24.9. The van der Waals surface area contributed by atoms with Gasteiger partial charge < -0.3 is 5.32 Å². The first-order valence-corrected chi connectivity index (χ1v) is 7.23. The number of hydrogen-bond acceptors (Lipinski definition) is 2. The van der Waals surface area contributed by atoms with Gasteiger partial charge in [-0.25, -0.2) is 0 Å². The highest BCUT2D eigenvalue weighted by molar-refractivity contribution is 5.97. The van der Waals surface area contributed by atoms with E-state index in [0.717, 1.165) is 19.3 Å². The first-order chi connectivity index (χ1) is 9.78. The molecule has 3 nitrogen and oxygen atoms in total. The fourth-order valence-electron chi connectivity index (χ4n) is 2.56. The third-order valence-corrected chi connectivity index (χ3v) is 4.06. The number of hydrogen-bond donors (Lipinski definition) is 1. The summed E-state index contributed by atoms with van der Waals surface area (Å²) in [5.41, 5.74) is 1.63. The molecule has 0 unspecified atom stereocenters. The predicted molar refractivity (Wildman–Crippen MR) is 76.7 cm³/mol. The monoisotopic (exact) mass is 266 g/mol. The third kappa shape index (κ3) is 3.08. The van der Waals surface area contributed by atoms with E-state index in [4.69, 9.17) is 5.26 Å². The second-order valence-corrected chi connectivity index (χ2v) is 5.75. The van der Waals surface area contributed by atoms with Crippen molar-refractivity contribution in [1.29, 1.82) is 5.26 Å². The Labute approximate surface area is 119 Å². The summed E-state index contributed by atoms with van der Waals surface area (Å²) in [6, 6.07) is 12.4. The maximum atomic E-state index is 11.9. The maximum Gasteiger partial charge on any atom is 0.261 e. The predicted octanol–water partition coefficient (Wildman–Crippen LogP) is 2.77. The van der Waals surface area contributed by atoms with Crippen LogP contribution in [0, 0.1) is 23.2 Å². The average Bonchev–Trinajstić information content (AvgIpc) is 3.38. The fourth-order valence-corrected chi connectivity index (χ4v) is 2.56. The van der Waals surface area contributed by atoms with Crippen LogP contribution in [-0.4, -0.2) is 12.5 Å². The van der Waals surface area contributed by atoms with Gasteiger partial charge in [0.1, 0.15) is 11.6 Å². The van der Waals surface area contributed by atoms with E-state index < -0.39 is 0 Å². The molecule has 102 valence electrons. The lowest BCUT2D eigenvalue weighted by Crippen LogP contribution is -2.27. The second-order valence-electron chi connectivity index (χ2n) is 5.75. The van der Waals surface area contributed by atoms with E-state index in [1.54, 1.807) is 0 Å². The lowest BCUT2D eigenvalue weighted by Gasteiger charge is -2.04. The van der Waals surface area contributed by atoms with Crippen LogP contribution in [0.4, 0.5) is 0 Å². The Morgan fingerprint density at radius 3 is 2.75 bits per heavy atom. The molecule has 3 heteroatoms. The SMILES string of the molecule is N#C/C(=C/C1CC1)C(=O)NC[C@@H]1C[C@H]1c1ccccc1. The van der Waals surface area contributed by atoms with E-state index >= 15 is 0 Å². The summed E-state index contributed by atoms with van der Waals surface area (Å²) in [6.07, 6.45) is 5.16. The first-order valence-electron chi connectivity index (χ1n) is 7.23. The van der Waals surface area contributed by atoms with E-state index in [9.17, 15) is 4.79 Å². The molecule has 20 heavy (non-hydrogen) atoms. The summed E-state index contributed by atoms with van der Waals surface area (Å²) < 4.78 is 0. The van der Waals surface area contributed by atoms with Gasteiger partial charge in [-0.05, 0) is 42.6 Å². The molecule has 1 aromatic rings. The van der Waals surface area contributed by atoms with Gasteiger partial charge in [0.05, 0.1) is 0 Å². The van der Waals surface area contributed by atoms with E-state index in [-0.39, 0.29) is 11.5 Å². The van der Waals surface area contributed by atoms with Crippen molar-refractivity contribution >= 4 is 5.91 Å². The molecule has 1 aromatic carbocycles. The van der Waals surface area contributed by atoms with Crippen molar-refractivity contribution in [3.63, 3.8) is 0 Å². The van der Waals surface area contributed by atoms with Gasteiger partial charge in [0.25, 0.3) is 5.91 Å². The molecule has 2 atom stereocenters. The fraction of sp³-hybridized carbons (Fsp3) is 0.412. The van der Waals surface area contributed by atoms with Crippen LogP contribution in [0.5, 0.6) is 0 Å². The topological polar surface area (TPSA) is 52.9 Å². The van der Waals surface area contributed by atoms with Crippen LogP contribution < -0.4 is 5.32 Å². The smallest absolute Gasteiger partial charge is 0.261 e. The summed E-state index contributed by atoms with van der Waals surface area (Å²) in [6.45, 7) is 0.669. The number of carbonyl (C=O) groups excluding carboxylic acids is 1. The molecule has 0 saturated heterocycles. The van der Waals surface area contributed by atoms with Gasteiger partial charge in [-0.1, -0.05) is 36.4 Å². The minimum Gasteiger partial charge on any atom is -0.351 e. The molecule has 0 aromatic heterocycles. The summed E-state index contributed by atoms with van der Waals surface area (Å²) in [7, 11) is 0. The van der Waals surface area contributed by atoms with Crippen molar-refractivity contribution in [2.75, 3.05) is 6.54 Å². The quantitative estimate of drug-likeness (QED) is 0.658. The number of allylic oxidation sites excluding steroid dienone is 1. The molecule has 1 amide bonds. The Bertz CT molecular complexity index is 566. The van der Waals surface area contributed by atoms with Crippen LogP contribution in [0.3, 0.4) is 0 Å². The molecule has 0 spiro atoms. The number of benzene rings is 1. The number of amides is 1. The number of carbonyl (C=O) groups is 1. The highest BCUT2D eigenvalue weighted by atomic mass is 16.1. The van der Waals surface area contributed by atoms with E-state index in [0.29, 0.717) is 24.3 Å². The summed E-state index contributed by atoms with van der Waals surface area (Å²) in [4.78, 5) is 11.9. The van der Waals surface area contributed by atoms with Crippen LogP contribution in [0.25, 0.3) is 0 Å². The Kier molecular flexibility index (Phi) is 3.56. The van der Waals surface area contributed by atoms with Gasteiger partial charge in [0.2, 0.25) is 0 Å². The van der Waals surface area contributed by atoms with Crippen LogP contribution in [-0.2, 0) is 4.79 Å². The highest BCUT2D eigenvalue weighted by Crippen LogP contribution is 2.46. The lowest BCUT2D eigenvalue weighted by molar-refractivity contribution is -0.117. The van der Waals surface area contributed by atoms with Crippen LogP contribution in [0.2, 0.25) is 0 Å². The number of rotatable bonds is 5. The zero-order valence-electron chi connectivity index (χ0n) is 11.4. The Balaban J connectivity index is 1.49. The molecule has 0 bridgehead atoms. The van der Waals surface area contributed by atoms with Crippen molar-refractivity contribution in [2.45, 2.75) is 25.2 Å². The summed E-state index contributed by atoms with van der Waals surface area (Å²) in [5.74, 6) is 1.32. The Morgan fingerprint density at radius 2 is 2.10 bits per heavy atom. The van der Waals surface area contributed by atoms with E-state index in [2.05, 4.69) is 29.6 Å². The molecular weight excluding hydrogens is 248 g/mol. The molecule has 0 aliphatic heterocycles. The molecule has 2 aliphatic rings. The third-order valence-electron chi connectivity index (χ3n) is 4.06. The number of nitrogens with zero attached hydrogens (tertiary/aromatic N) is 1. The van der Waals surface area contributed by atoms with Crippen LogP contribution in [0.15, 0.2) is 42.0 Å². The molecule has 2 fully saturated rings. The largest absolute Gasteiger partial charge is 0.351 e. The first kappa shape index (κ1) is 12.9. The van der Waals surface area contributed by atoms with Crippen molar-refractivity contribution in [3.8, 4) is 6.07 Å². The van der Waals surface area contributed by atoms with Gasteiger partial charge in [0, 0.05) is 6.54 Å². The zero-order chi connectivity index (χ0) is 13.9. The van der Waals surface area contributed by atoms with Gasteiger partial charge >= 0.3 is 0 Å². The molecule has 3 rings (SSSR count). The van der Waals surface area contributed by atoms with Crippen LogP contribution >= 0.6 is 0 Å². The minimum atomic E-state index is -0.210. The molecule has 1 N–H and O–H groups in total. The Hall–Kier alpha value is -2.08. The summed E-state index contributed by atoms with van der Waals surface area (Å²) in [5, 5.41) is 11.9. The minimum absolute atomic E-state index is 0.210. The molecular formula is C17H18N2O. The maximum absolute atomic E-state index is 11.9. The van der Waals surface area contributed by atoms with E-state index in [1.165, 1.54) is 5.56 Å². The van der Waals surface area contributed by atoms with E-state index in [1.807, 2.05) is 18.2 Å². The van der Waals surface area contributed by atoms with Gasteiger partial charge in [-0.3, -0.25) is 4.79 Å². The van der Waals surface area contributed by atoms with Crippen molar-refractivity contribution < 1.29 is 4.79 Å². The van der Waals surface area contributed by atoms with Gasteiger partial charge in [0.15, 0.2) is 0 Å². The Morgan fingerprint density at radius 1 is 1.35 bits per heavy atom. The number of nitrogens with one attached hydrogen (secondary N) is 1. The number of nitriles is 1. The van der Waals surface area contributed by atoms with Gasteiger partial charge in [-0.2, -0.15) is 5.26 Å². The molecule has 2 aliphatic carbocycles. The molecule has 0 heterocycles. The van der Waals surface area contributed by atoms with Crippen molar-refractivity contribution in [1.82, 2.24) is 5.32 Å².